The van der Waals surface area contributed by atoms with E-state index in [4.69, 9.17) is 18.9 Å². The fraction of sp³-hybridized carbons (Fsp3) is 0.409. The molecule has 0 aliphatic carbocycles. The number of amides is 1. The largest absolute Gasteiger partial charge is 0.497 e. The van der Waals surface area contributed by atoms with Gasteiger partial charge < -0.3 is 28.7 Å². The van der Waals surface area contributed by atoms with E-state index in [0.717, 1.165) is 25.4 Å². The number of nitrogens with one attached hydrogen (secondary N) is 1. The second-order valence-corrected chi connectivity index (χ2v) is 6.97. The lowest BCUT2D eigenvalue weighted by atomic mass is 10.1. The lowest BCUT2D eigenvalue weighted by Gasteiger charge is -2.32. The summed E-state index contributed by atoms with van der Waals surface area (Å²) in [5, 5.41) is 0. The highest BCUT2D eigenvalue weighted by atomic mass is 16.5. The number of carbonyl (C=O) groups is 1. The number of hydrogen-bond donors (Lipinski definition) is 1. The van der Waals surface area contributed by atoms with Crippen molar-refractivity contribution in [2.75, 3.05) is 54.6 Å². The monoisotopic (exact) mass is 401 g/mol. The third-order valence-corrected chi connectivity index (χ3v) is 5.31. The van der Waals surface area contributed by atoms with E-state index >= 15 is 0 Å². The molecule has 3 rings (SSSR count). The highest BCUT2D eigenvalue weighted by Gasteiger charge is 2.27. The van der Waals surface area contributed by atoms with Crippen molar-refractivity contribution in [2.45, 2.75) is 6.54 Å². The van der Waals surface area contributed by atoms with E-state index in [0.29, 0.717) is 35.9 Å². The molecular weight excluding hydrogens is 372 g/mol. The Kier molecular flexibility index (Phi) is 6.82. The van der Waals surface area contributed by atoms with Crippen LogP contribution in [0.25, 0.3) is 0 Å². The number of hydrogen-bond acceptors (Lipinski definition) is 5. The molecule has 0 unspecified atom stereocenters. The van der Waals surface area contributed by atoms with Gasteiger partial charge in [0.15, 0.2) is 11.5 Å². The Morgan fingerprint density at radius 3 is 2.00 bits per heavy atom. The molecule has 0 bridgehead atoms. The molecule has 1 aliphatic heterocycles. The number of methoxy groups -OCH3 is 4. The molecule has 2 aromatic carbocycles. The van der Waals surface area contributed by atoms with Crippen molar-refractivity contribution in [1.29, 1.82) is 0 Å². The van der Waals surface area contributed by atoms with Gasteiger partial charge in [-0.25, -0.2) is 0 Å². The summed E-state index contributed by atoms with van der Waals surface area (Å²) in [4.78, 5) is 16.4. The molecule has 2 aromatic rings. The van der Waals surface area contributed by atoms with Gasteiger partial charge in [0.2, 0.25) is 0 Å². The van der Waals surface area contributed by atoms with E-state index in [-0.39, 0.29) is 5.91 Å². The zero-order chi connectivity index (χ0) is 20.8. The minimum absolute atomic E-state index is 0.0497. The molecular formula is C22H29N2O5+. The smallest absolute Gasteiger partial charge is 0.258 e. The summed E-state index contributed by atoms with van der Waals surface area (Å²) in [7, 11) is 6.34. The Morgan fingerprint density at radius 2 is 1.45 bits per heavy atom. The zero-order valence-electron chi connectivity index (χ0n) is 17.5. The highest BCUT2D eigenvalue weighted by Crippen LogP contribution is 2.35. The lowest BCUT2D eigenvalue weighted by molar-refractivity contribution is -0.917. The van der Waals surface area contributed by atoms with Crippen LogP contribution in [-0.4, -0.2) is 65.4 Å². The summed E-state index contributed by atoms with van der Waals surface area (Å²) in [6.07, 6.45) is 0. The predicted octanol–water partition coefficient (Wildman–Crippen LogP) is 1.26. The second-order valence-electron chi connectivity index (χ2n) is 6.97. The minimum atomic E-state index is -0.0497. The number of nitrogens with zero attached hydrogens (tertiary/aromatic N) is 1. The van der Waals surface area contributed by atoms with Gasteiger partial charge in [-0.3, -0.25) is 4.79 Å². The molecule has 0 saturated carbocycles. The van der Waals surface area contributed by atoms with Crippen molar-refractivity contribution in [3.63, 3.8) is 0 Å². The van der Waals surface area contributed by atoms with E-state index in [1.165, 1.54) is 10.5 Å². The molecule has 0 atom stereocenters. The van der Waals surface area contributed by atoms with E-state index in [9.17, 15) is 4.79 Å². The van der Waals surface area contributed by atoms with Gasteiger partial charge in [-0.1, -0.05) is 0 Å². The van der Waals surface area contributed by atoms with Crippen molar-refractivity contribution in [3.05, 3.63) is 47.5 Å². The molecule has 7 nitrogen and oxygen atoms in total. The maximum absolute atomic E-state index is 13.1. The SMILES string of the molecule is COc1ccc(C[NH+]2CCN(C(=O)c3cc(OC)c(OC)cc3OC)CC2)cc1. The summed E-state index contributed by atoms with van der Waals surface area (Å²) in [6, 6.07) is 11.5. The second kappa shape index (κ2) is 9.52. The number of benzene rings is 2. The zero-order valence-corrected chi connectivity index (χ0v) is 17.5. The van der Waals surface area contributed by atoms with Crippen molar-refractivity contribution in [3.8, 4) is 23.0 Å². The number of ether oxygens (including phenoxy) is 4. The maximum atomic E-state index is 13.1. The molecule has 156 valence electrons. The molecule has 1 heterocycles. The average molecular weight is 401 g/mol. The quantitative estimate of drug-likeness (QED) is 0.757. The fourth-order valence-corrected chi connectivity index (χ4v) is 3.60. The Bertz CT molecular complexity index is 830. The van der Waals surface area contributed by atoms with Crippen LogP contribution in [0.5, 0.6) is 23.0 Å². The number of rotatable bonds is 7. The predicted molar refractivity (Wildman–Crippen MR) is 109 cm³/mol. The van der Waals surface area contributed by atoms with Crippen molar-refractivity contribution >= 4 is 5.91 Å². The molecule has 1 aliphatic rings. The van der Waals surface area contributed by atoms with Gasteiger partial charge in [0.05, 0.1) is 60.2 Å². The average Bonchev–Trinajstić information content (AvgIpc) is 2.78. The van der Waals surface area contributed by atoms with Crippen LogP contribution in [0, 0.1) is 0 Å². The normalized spacial score (nSPS) is 14.4. The molecule has 1 N–H and O–H groups in total. The van der Waals surface area contributed by atoms with Crippen molar-refractivity contribution in [1.82, 2.24) is 4.90 Å². The first-order valence-electron chi connectivity index (χ1n) is 9.65. The Hall–Kier alpha value is -2.93. The van der Waals surface area contributed by atoms with Gasteiger partial charge in [-0.05, 0) is 24.3 Å². The number of carbonyl (C=O) groups excluding carboxylic acids is 1. The van der Waals surface area contributed by atoms with Crippen molar-refractivity contribution in [2.24, 2.45) is 0 Å². The summed E-state index contributed by atoms with van der Waals surface area (Å²) >= 11 is 0. The highest BCUT2D eigenvalue weighted by molar-refractivity contribution is 5.98. The first kappa shape index (κ1) is 20.8. The van der Waals surface area contributed by atoms with Gasteiger partial charge in [0.1, 0.15) is 18.0 Å². The van der Waals surface area contributed by atoms with Crippen molar-refractivity contribution < 1.29 is 28.6 Å². The van der Waals surface area contributed by atoms with Crippen LogP contribution in [0.3, 0.4) is 0 Å². The van der Waals surface area contributed by atoms with E-state index in [2.05, 4.69) is 12.1 Å². The minimum Gasteiger partial charge on any atom is -0.497 e. The molecule has 1 fully saturated rings. The van der Waals surface area contributed by atoms with Gasteiger partial charge >= 0.3 is 0 Å². The topological polar surface area (TPSA) is 61.7 Å². The van der Waals surface area contributed by atoms with E-state index in [1.807, 2.05) is 17.0 Å². The van der Waals surface area contributed by atoms with Gasteiger partial charge in [0.25, 0.3) is 5.91 Å². The lowest BCUT2D eigenvalue weighted by Crippen LogP contribution is -3.13. The third kappa shape index (κ3) is 4.74. The Labute approximate surface area is 171 Å². The maximum Gasteiger partial charge on any atom is 0.258 e. The van der Waals surface area contributed by atoms with Crippen LogP contribution in [0.4, 0.5) is 0 Å². The number of piperazine rings is 1. The van der Waals surface area contributed by atoms with Crippen LogP contribution in [0.15, 0.2) is 36.4 Å². The molecule has 0 spiro atoms. The summed E-state index contributed by atoms with van der Waals surface area (Å²) in [5.74, 6) is 2.35. The summed E-state index contributed by atoms with van der Waals surface area (Å²) in [5.41, 5.74) is 1.76. The van der Waals surface area contributed by atoms with Gasteiger partial charge in [-0.2, -0.15) is 0 Å². The van der Waals surface area contributed by atoms with Crippen LogP contribution >= 0.6 is 0 Å². The molecule has 0 radical (unpaired) electrons. The van der Waals surface area contributed by atoms with Crippen LogP contribution in [0.2, 0.25) is 0 Å². The Morgan fingerprint density at radius 1 is 0.862 bits per heavy atom. The third-order valence-electron chi connectivity index (χ3n) is 5.31. The van der Waals surface area contributed by atoms with Gasteiger partial charge in [-0.15, -0.1) is 0 Å². The Balaban J connectivity index is 1.65. The van der Waals surface area contributed by atoms with Crippen LogP contribution in [0.1, 0.15) is 15.9 Å². The first-order valence-corrected chi connectivity index (χ1v) is 9.65. The molecule has 1 saturated heterocycles. The molecule has 7 heteroatoms. The van der Waals surface area contributed by atoms with Gasteiger partial charge in [0, 0.05) is 17.7 Å². The summed E-state index contributed by atoms with van der Waals surface area (Å²) in [6.45, 7) is 4.12. The van der Waals surface area contributed by atoms with Crippen LogP contribution in [-0.2, 0) is 6.54 Å². The van der Waals surface area contributed by atoms with Crippen LogP contribution < -0.4 is 23.8 Å². The molecule has 29 heavy (non-hydrogen) atoms. The molecule has 1 amide bonds. The fourth-order valence-electron chi connectivity index (χ4n) is 3.60. The summed E-state index contributed by atoms with van der Waals surface area (Å²) < 4.78 is 21.3. The first-order chi connectivity index (χ1) is 14.1. The molecule has 0 aromatic heterocycles. The van der Waals surface area contributed by atoms with E-state index in [1.54, 1.807) is 40.6 Å². The number of quaternary nitrogens is 1. The standard InChI is InChI=1S/C22H28N2O5/c1-26-17-7-5-16(6-8-17)15-23-9-11-24(12-10-23)22(25)18-13-20(28-3)21(29-4)14-19(18)27-2/h5-8,13-14H,9-12,15H2,1-4H3/p+1. The van der Waals surface area contributed by atoms with E-state index < -0.39 is 0 Å².